The molecular weight excluding hydrogens is 246 g/mol. The summed E-state index contributed by atoms with van der Waals surface area (Å²) in [6, 6.07) is 1.47. The molecule has 2 rings (SSSR count). The van der Waals surface area contributed by atoms with Gasteiger partial charge in [0.25, 0.3) is 0 Å². The van der Waals surface area contributed by atoms with E-state index < -0.39 is 0 Å². The third kappa shape index (κ3) is 3.55. The van der Waals surface area contributed by atoms with E-state index in [1.165, 1.54) is 45.4 Å². The number of piperazine rings is 1. The topological polar surface area (TPSA) is 18.5 Å². The molecule has 0 aromatic rings. The van der Waals surface area contributed by atoms with Crippen LogP contribution in [0.5, 0.6) is 0 Å². The largest absolute Gasteiger partial charge is 0.309 e. The zero-order chi connectivity index (χ0) is 14.8. The molecule has 0 aromatic heterocycles. The van der Waals surface area contributed by atoms with Gasteiger partial charge in [-0.25, -0.2) is 0 Å². The minimum absolute atomic E-state index is 0.305. The van der Waals surface area contributed by atoms with Crippen LogP contribution in [0.4, 0.5) is 0 Å². The Labute approximate surface area is 126 Å². The first-order chi connectivity index (χ1) is 9.49. The first-order valence-corrected chi connectivity index (χ1v) is 8.72. The molecule has 1 N–H and O–H groups in total. The van der Waals surface area contributed by atoms with Gasteiger partial charge in [0.15, 0.2) is 0 Å². The average Bonchev–Trinajstić information content (AvgIpc) is 2.47. The number of piperidine rings is 1. The quantitative estimate of drug-likeness (QED) is 0.854. The van der Waals surface area contributed by atoms with E-state index in [4.69, 9.17) is 0 Å². The molecule has 20 heavy (non-hydrogen) atoms. The highest BCUT2D eigenvalue weighted by Gasteiger charge is 2.39. The van der Waals surface area contributed by atoms with Gasteiger partial charge in [-0.2, -0.15) is 0 Å². The molecule has 0 spiro atoms. The van der Waals surface area contributed by atoms with Gasteiger partial charge in [0.05, 0.1) is 0 Å². The lowest BCUT2D eigenvalue weighted by Gasteiger charge is -2.52. The third-order valence-corrected chi connectivity index (χ3v) is 5.64. The SMILES string of the molecule is CCN1CCCC(N2CC(C)(CC)NCC2C(C)C)C1. The molecule has 0 aromatic carbocycles. The fourth-order valence-corrected chi connectivity index (χ4v) is 3.89. The first-order valence-electron chi connectivity index (χ1n) is 8.72. The van der Waals surface area contributed by atoms with Crippen molar-refractivity contribution in [3.8, 4) is 0 Å². The number of nitrogens with one attached hydrogen (secondary N) is 1. The molecule has 0 amide bonds. The molecule has 2 heterocycles. The Bertz CT molecular complexity index is 305. The van der Waals surface area contributed by atoms with Crippen LogP contribution in [0.1, 0.15) is 53.9 Å². The monoisotopic (exact) mass is 281 g/mol. The van der Waals surface area contributed by atoms with Crippen LogP contribution < -0.4 is 5.32 Å². The Morgan fingerprint density at radius 1 is 1.30 bits per heavy atom. The van der Waals surface area contributed by atoms with Crippen molar-refractivity contribution in [2.24, 2.45) is 5.92 Å². The lowest BCUT2D eigenvalue weighted by atomic mass is 9.87. The maximum atomic E-state index is 3.82. The second kappa shape index (κ2) is 6.76. The van der Waals surface area contributed by atoms with E-state index in [0.717, 1.165) is 18.5 Å². The molecule has 2 aliphatic rings. The lowest BCUT2D eigenvalue weighted by molar-refractivity contribution is -0.00327. The maximum Gasteiger partial charge on any atom is 0.0278 e. The van der Waals surface area contributed by atoms with Gasteiger partial charge in [0, 0.05) is 37.3 Å². The number of nitrogens with zero attached hydrogens (tertiary/aromatic N) is 2. The van der Waals surface area contributed by atoms with Crippen LogP contribution in [0.3, 0.4) is 0 Å². The van der Waals surface area contributed by atoms with Crippen molar-refractivity contribution in [1.29, 1.82) is 0 Å². The summed E-state index contributed by atoms with van der Waals surface area (Å²) >= 11 is 0. The average molecular weight is 281 g/mol. The van der Waals surface area contributed by atoms with Gasteiger partial charge < -0.3 is 10.2 Å². The van der Waals surface area contributed by atoms with Crippen LogP contribution in [0.15, 0.2) is 0 Å². The molecule has 0 radical (unpaired) electrons. The standard InChI is InChI=1S/C17H35N3/c1-6-17(5)13-20(16(11-18-17)14(3)4)15-9-8-10-19(7-2)12-15/h14-16,18H,6-13H2,1-5H3. The molecule has 3 heteroatoms. The zero-order valence-corrected chi connectivity index (χ0v) is 14.3. The summed E-state index contributed by atoms with van der Waals surface area (Å²) in [5, 5.41) is 3.82. The predicted octanol–water partition coefficient (Wildman–Crippen LogP) is 2.57. The number of likely N-dealkylation sites (tertiary alicyclic amines) is 1. The highest BCUT2D eigenvalue weighted by Crippen LogP contribution is 2.28. The summed E-state index contributed by atoms with van der Waals surface area (Å²) < 4.78 is 0. The van der Waals surface area contributed by atoms with Gasteiger partial charge in [-0.1, -0.05) is 27.7 Å². The number of hydrogen-bond acceptors (Lipinski definition) is 3. The molecule has 2 aliphatic heterocycles. The van der Waals surface area contributed by atoms with Crippen molar-refractivity contribution in [2.75, 3.05) is 32.7 Å². The van der Waals surface area contributed by atoms with E-state index in [-0.39, 0.29) is 0 Å². The maximum absolute atomic E-state index is 3.82. The summed E-state index contributed by atoms with van der Waals surface area (Å²) in [5.74, 6) is 0.737. The van der Waals surface area contributed by atoms with Gasteiger partial charge >= 0.3 is 0 Å². The zero-order valence-electron chi connectivity index (χ0n) is 14.3. The van der Waals surface area contributed by atoms with Crippen molar-refractivity contribution < 1.29 is 0 Å². The molecule has 2 fully saturated rings. The van der Waals surface area contributed by atoms with Crippen LogP contribution in [0.25, 0.3) is 0 Å². The number of hydrogen-bond donors (Lipinski definition) is 1. The number of likely N-dealkylation sites (N-methyl/N-ethyl adjacent to an activating group) is 1. The highest BCUT2D eigenvalue weighted by molar-refractivity contribution is 4.98. The Morgan fingerprint density at radius 3 is 2.65 bits per heavy atom. The summed E-state index contributed by atoms with van der Waals surface area (Å²) in [7, 11) is 0. The molecule has 2 saturated heterocycles. The fraction of sp³-hybridized carbons (Fsp3) is 1.00. The highest BCUT2D eigenvalue weighted by atomic mass is 15.3. The van der Waals surface area contributed by atoms with Crippen molar-refractivity contribution in [3.63, 3.8) is 0 Å². The molecular formula is C17H35N3. The van der Waals surface area contributed by atoms with Crippen LogP contribution >= 0.6 is 0 Å². The minimum atomic E-state index is 0.305. The van der Waals surface area contributed by atoms with E-state index in [0.29, 0.717) is 11.6 Å². The van der Waals surface area contributed by atoms with Crippen molar-refractivity contribution in [3.05, 3.63) is 0 Å². The number of rotatable bonds is 4. The van der Waals surface area contributed by atoms with Gasteiger partial charge in [0.1, 0.15) is 0 Å². The minimum Gasteiger partial charge on any atom is -0.309 e. The molecule has 0 saturated carbocycles. The Kier molecular flexibility index (Phi) is 5.49. The van der Waals surface area contributed by atoms with Crippen LogP contribution in [0, 0.1) is 5.92 Å². The first kappa shape index (κ1) is 16.3. The summed E-state index contributed by atoms with van der Waals surface area (Å²) in [5.41, 5.74) is 0.305. The second-order valence-corrected chi connectivity index (χ2v) is 7.47. The molecule has 3 nitrogen and oxygen atoms in total. The summed E-state index contributed by atoms with van der Waals surface area (Å²) in [4.78, 5) is 5.49. The molecule has 118 valence electrons. The van der Waals surface area contributed by atoms with E-state index in [1.807, 2.05) is 0 Å². The van der Waals surface area contributed by atoms with Gasteiger partial charge in [-0.15, -0.1) is 0 Å². The van der Waals surface area contributed by atoms with E-state index >= 15 is 0 Å². The molecule has 0 bridgehead atoms. The predicted molar refractivity (Wildman–Crippen MR) is 87.2 cm³/mol. The van der Waals surface area contributed by atoms with Gasteiger partial charge in [-0.3, -0.25) is 4.90 Å². The van der Waals surface area contributed by atoms with Gasteiger partial charge in [-0.05, 0) is 45.2 Å². The third-order valence-electron chi connectivity index (χ3n) is 5.64. The van der Waals surface area contributed by atoms with E-state index in [2.05, 4.69) is 49.7 Å². The van der Waals surface area contributed by atoms with E-state index in [9.17, 15) is 0 Å². The summed E-state index contributed by atoms with van der Waals surface area (Å²) in [6.45, 7) is 17.9. The molecule has 3 atom stereocenters. The molecule has 3 unspecified atom stereocenters. The Hall–Kier alpha value is -0.120. The fourth-order valence-electron chi connectivity index (χ4n) is 3.89. The molecule has 0 aliphatic carbocycles. The van der Waals surface area contributed by atoms with Crippen LogP contribution in [-0.4, -0.2) is 60.1 Å². The second-order valence-electron chi connectivity index (χ2n) is 7.47. The Balaban J connectivity index is 2.10. The van der Waals surface area contributed by atoms with Crippen molar-refractivity contribution >= 4 is 0 Å². The summed E-state index contributed by atoms with van der Waals surface area (Å²) in [6.07, 6.45) is 3.98. The Morgan fingerprint density at radius 2 is 2.05 bits per heavy atom. The van der Waals surface area contributed by atoms with Crippen LogP contribution in [0.2, 0.25) is 0 Å². The smallest absolute Gasteiger partial charge is 0.0278 e. The van der Waals surface area contributed by atoms with Crippen molar-refractivity contribution in [1.82, 2.24) is 15.1 Å². The lowest BCUT2D eigenvalue weighted by Crippen LogP contribution is -2.67. The van der Waals surface area contributed by atoms with Crippen LogP contribution in [-0.2, 0) is 0 Å². The normalized spacial score (nSPS) is 37.5. The van der Waals surface area contributed by atoms with Crippen molar-refractivity contribution in [2.45, 2.75) is 71.5 Å². The van der Waals surface area contributed by atoms with Gasteiger partial charge in [0.2, 0.25) is 0 Å². The van der Waals surface area contributed by atoms with E-state index in [1.54, 1.807) is 0 Å².